The SMILES string of the molecule is CS(=O)(=O)N1CC(c2ccccc2)CC(S(=O)(=O)c2ccc(CN)cc2)C1. The van der Waals surface area contributed by atoms with Gasteiger partial charge >= 0.3 is 0 Å². The molecular weight excluding hydrogens is 384 g/mol. The van der Waals surface area contributed by atoms with E-state index in [-0.39, 0.29) is 17.4 Å². The molecule has 2 aromatic carbocycles. The molecule has 27 heavy (non-hydrogen) atoms. The number of benzene rings is 2. The Morgan fingerprint density at radius 1 is 0.963 bits per heavy atom. The summed E-state index contributed by atoms with van der Waals surface area (Å²) in [5, 5.41) is -0.796. The molecule has 0 spiro atoms. The molecule has 3 rings (SSSR count). The lowest BCUT2D eigenvalue weighted by Gasteiger charge is -2.36. The van der Waals surface area contributed by atoms with Crippen LogP contribution in [0.3, 0.4) is 0 Å². The summed E-state index contributed by atoms with van der Waals surface area (Å²) in [5.41, 5.74) is 7.37. The number of hydrogen-bond acceptors (Lipinski definition) is 5. The topological polar surface area (TPSA) is 97.5 Å². The van der Waals surface area contributed by atoms with Crippen molar-refractivity contribution in [3.8, 4) is 0 Å². The van der Waals surface area contributed by atoms with Gasteiger partial charge in [0, 0.05) is 19.6 Å². The zero-order valence-corrected chi connectivity index (χ0v) is 16.8. The Kier molecular flexibility index (Phi) is 5.71. The van der Waals surface area contributed by atoms with Crippen LogP contribution in [0.4, 0.5) is 0 Å². The maximum atomic E-state index is 13.2. The van der Waals surface area contributed by atoms with Crippen molar-refractivity contribution in [1.82, 2.24) is 4.31 Å². The molecule has 0 amide bonds. The van der Waals surface area contributed by atoms with Crippen LogP contribution in [0.2, 0.25) is 0 Å². The maximum absolute atomic E-state index is 13.2. The Balaban J connectivity index is 1.96. The summed E-state index contributed by atoms with van der Waals surface area (Å²) < 4.78 is 52.0. The zero-order chi connectivity index (χ0) is 19.7. The average Bonchev–Trinajstić information content (AvgIpc) is 2.67. The van der Waals surface area contributed by atoms with Crippen LogP contribution in [0.15, 0.2) is 59.5 Å². The van der Waals surface area contributed by atoms with Crippen molar-refractivity contribution in [2.75, 3.05) is 19.3 Å². The first-order valence-electron chi connectivity index (χ1n) is 8.75. The molecule has 2 unspecified atom stereocenters. The summed E-state index contributed by atoms with van der Waals surface area (Å²) in [5.74, 6) is -0.169. The summed E-state index contributed by atoms with van der Waals surface area (Å²) in [4.78, 5) is 0.201. The summed E-state index contributed by atoms with van der Waals surface area (Å²) in [6.07, 6.45) is 1.51. The highest BCUT2D eigenvalue weighted by molar-refractivity contribution is 7.92. The number of sulfone groups is 1. The van der Waals surface area contributed by atoms with E-state index in [9.17, 15) is 16.8 Å². The molecule has 0 aliphatic carbocycles. The van der Waals surface area contributed by atoms with E-state index in [1.807, 2.05) is 30.3 Å². The number of nitrogens with zero attached hydrogens (tertiary/aromatic N) is 1. The molecule has 1 saturated heterocycles. The molecule has 8 heteroatoms. The highest BCUT2D eigenvalue weighted by Gasteiger charge is 2.39. The Labute approximate surface area is 161 Å². The van der Waals surface area contributed by atoms with Crippen LogP contribution < -0.4 is 5.73 Å². The van der Waals surface area contributed by atoms with Gasteiger partial charge < -0.3 is 5.73 Å². The van der Waals surface area contributed by atoms with Crippen LogP contribution in [0.5, 0.6) is 0 Å². The summed E-state index contributed by atoms with van der Waals surface area (Å²) in [6.45, 7) is 0.603. The molecular formula is C19H24N2O4S2. The molecule has 6 nitrogen and oxygen atoms in total. The van der Waals surface area contributed by atoms with E-state index >= 15 is 0 Å². The molecule has 0 bridgehead atoms. The number of rotatable bonds is 5. The smallest absolute Gasteiger partial charge is 0.211 e. The second-order valence-electron chi connectivity index (χ2n) is 6.94. The first kappa shape index (κ1) is 20.0. The van der Waals surface area contributed by atoms with Gasteiger partial charge in [-0.15, -0.1) is 0 Å². The summed E-state index contributed by atoms with van der Waals surface area (Å²) >= 11 is 0. The van der Waals surface area contributed by atoms with Gasteiger partial charge in [0.15, 0.2) is 9.84 Å². The minimum absolute atomic E-state index is 0.0247. The van der Waals surface area contributed by atoms with Gasteiger partial charge in [0.25, 0.3) is 0 Å². The quantitative estimate of drug-likeness (QED) is 0.813. The van der Waals surface area contributed by atoms with Gasteiger partial charge in [0.2, 0.25) is 10.0 Å². The number of hydrogen-bond donors (Lipinski definition) is 1. The van der Waals surface area contributed by atoms with Gasteiger partial charge in [-0.2, -0.15) is 0 Å². The first-order valence-corrected chi connectivity index (χ1v) is 12.1. The summed E-state index contributed by atoms with van der Waals surface area (Å²) in [7, 11) is -7.17. The van der Waals surface area contributed by atoms with E-state index in [1.54, 1.807) is 24.3 Å². The lowest BCUT2D eigenvalue weighted by Crippen LogP contribution is -2.47. The molecule has 1 aliphatic rings. The molecule has 0 saturated carbocycles. The number of nitrogens with two attached hydrogens (primary N) is 1. The van der Waals surface area contributed by atoms with Crippen LogP contribution in [0.25, 0.3) is 0 Å². The van der Waals surface area contributed by atoms with Crippen LogP contribution >= 0.6 is 0 Å². The predicted molar refractivity (Wildman–Crippen MR) is 106 cm³/mol. The van der Waals surface area contributed by atoms with Crippen molar-refractivity contribution >= 4 is 19.9 Å². The van der Waals surface area contributed by atoms with Crippen LogP contribution in [-0.4, -0.2) is 45.7 Å². The molecule has 2 atom stereocenters. The third-order valence-electron chi connectivity index (χ3n) is 5.05. The van der Waals surface area contributed by atoms with E-state index in [4.69, 9.17) is 5.73 Å². The second-order valence-corrected chi connectivity index (χ2v) is 11.1. The van der Waals surface area contributed by atoms with Crippen LogP contribution in [0, 0.1) is 0 Å². The molecule has 1 fully saturated rings. The summed E-state index contributed by atoms with van der Waals surface area (Å²) in [6, 6.07) is 16.0. The minimum atomic E-state index is -3.67. The van der Waals surface area contributed by atoms with Gasteiger partial charge in [0.1, 0.15) is 0 Å². The van der Waals surface area contributed by atoms with Gasteiger partial charge in [-0.25, -0.2) is 21.1 Å². The van der Waals surface area contributed by atoms with Crippen molar-refractivity contribution < 1.29 is 16.8 Å². The third-order valence-corrected chi connectivity index (χ3v) is 8.43. The Morgan fingerprint density at radius 3 is 2.15 bits per heavy atom. The maximum Gasteiger partial charge on any atom is 0.211 e. The number of piperidine rings is 1. The minimum Gasteiger partial charge on any atom is -0.326 e. The van der Waals surface area contributed by atoms with E-state index in [2.05, 4.69) is 0 Å². The molecule has 0 radical (unpaired) electrons. The van der Waals surface area contributed by atoms with Crippen LogP contribution in [-0.2, 0) is 26.4 Å². The highest BCUT2D eigenvalue weighted by atomic mass is 32.2. The van der Waals surface area contributed by atoms with E-state index in [0.29, 0.717) is 19.5 Å². The molecule has 1 aliphatic heterocycles. The largest absolute Gasteiger partial charge is 0.326 e. The molecule has 2 aromatic rings. The van der Waals surface area contributed by atoms with Gasteiger partial charge in [0.05, 0.1) is 16.4 Å². The fourth-order valence-electron chi connectivity index (χ4n) is 3.48. The van der Waals surface area contributed by atoms with Gasteiger partial charge in [-0.05, 0) is 35.6 Å². The monoisotopic (exact) mass is 408 g/mol. The zero-order valence-electron chi connectivity index (χ0n) is 15.2. The first-order chi connectivity index (χ1) is 12.7. The number of sulfonamides is 1. The molecule has 146 valence electrons. The van der Waals surface area contributed by atoms with E-state index in [1.165, 1.54) is 4.31 Å². The van der Waals surface area contributed by atoms with Gasteiger partial charge in [-0.3, -0.25) is 0 Å². The average molecular weight is 409 g/mol. The van der Waals surface area contributed by atoms with Crippen molar-refractivity contribution in [1.29, 1.82) is 0 Å². The molecule has 0 aromatic heterocycles. The second kappa shape index (κ2) is 7.71. The van der Waals surface area contributed by atoms with Crippen molar-refractivity contribution in [3.63, 3.8) is 0 Å². The lowest BCUT2D eigenvalue weighted by molar-refractivity contribution is 0.317. The fraction of sp³-hybridized carbons (Fsp3) is 0.368. The Morgan fingerprint density at radius 2 is 1.59 bits per heavy atom. The van der Waals surface area contributed by atoms with Crippen molar-refractivity contribution in [2.45, 2.75) is 29.0 Å². The standard InChI is InChI=1S/C19H24N2O4S2/c1-26(22,23)21-13-17(16-5-3-2-4-6-16)11-19(14-21)27(24,25)18-9-7-15(12-20)8-10-18/h2-10,17,19H,11-14,20H2,1H3. The van der Waals surface area contributed by atoms with Gasteiger partial charge in [-0.1, -0.05) is 42.5 Å². The molecule has 1 heterocycles. The predicted octanol–water partition coefficient (Wildman–Crippen LogP) is 1.74. The lowest BCUT2D eigenvalue weighted by atomic mass is 9.91. The van der Waals surface area contributed by atoms with E-state index < -0.39 is 25.1 Å². The normalized spacial score (nSPS) is 21.9. The highest BCUT2D eigenvalue weighted by Crippen LogP contribution is 2.33. The van der Waals surface area contributed by atoms with Crippen molar-refractivity contribution in [3.05, 3.63) is 65.7 Å². The Hall–Kier alpha value is -1.74. The van der Waals surface area contributed by atoms with E-state index in [0.717, 1.165) is 17.4 Å². The Bertz CT molecular complexity index is 988. The van der Waals surface area contributed by atoms with Crippen LogP contribution in [0.1, 0.15) is 23.5 Å². The molecule has 2 N–H and O–H groups in total. The fourth-order valence-corrected chi connectivity index (χ4v) is 6.24. The third kappa shape index (κ3) is 4.40. The van der Waals surface area contributed by atoms with Crippen molar-refractivity contribution in [2.24, 2.45) is 5.73 Å².